The molecule has 0 radical (unpaired) electrons. The Morgan fingerprint density at radius 3 is 1.14 bits per heavy atom. The van der Waals surface area contributed by atoms with E-state index in [1.54, 1.807) is 13.8 Å². The van der Waals surface area contributed by atoms with Gasteiger partial charge in [0.1, 0.15) is 0 Å². The van der Waals surface area contributed by atoms with Gasteiger partial charge in [-0.25, -0.2) is 42.5 Å². The second kappa shape index (κ2) is 22.8. The van der Waals surface area contributed by atoms with Crippen LogP contribution in [-0.4, -0.2) is 64.8 Å². The van der Waals surface area contributed by atoms with Crippen molar-refractivity contribution >= 4 is 18.2 Å². The first-order valence-corrected chi connectivity index (χ1v) is 15.5. The van der Waals surface area contributed by atoms with Crippen molar-refractivity contribution in [3.8, 4) is 0 Å². The minimum absolute atomic E-state index is 0.195. The summed E-state index contributed by atoms with van der Waals surface area (Å²) >= 11 is 0. The highest BCUT2D eigenvalue weighted by atomic mass is 16.6. The molecule has 0 aromatic carbocycles. The highest BCUT2D eigenvalue weighted by Gasteiger charge is 2.15. The maximum absolute atomic E-state index is 13.2. The van der Waals surface area contributed by atoms with E-state index < -0.39 is 35.3 Å². The number of ether oxygens (including phenoxy) is 2. The van der Waals surface area contributed by atoms with Gasteiger partial charge >= 0.3 is 35.3 Å². The molecule has 0 saturated heterocycles. The molecular weight excluding hydrogens is 562 g/mol. The Morgan fingerprint density at radius 1 is 0.535 bits per heavy atom. The number of hydrogen-bond acceptors (Lipinski definition) is 8. The predicted molar refractivity (Wildman–Crippen MR) is 162 cm³/mol. The first-order valence-electron chi connectivity index (χ1n) is 15.5. The summed E-state index contributed by atoms with van der Waals surface area (Å²) in [7, 11) is 0. The number of rotatable bonds is 23. The lowest BCUT2D eigenvalue weighted by atomic mass is 10.2. The second-order valence-electron chi connectivity index (χ2n) is 10.1. The summed E-state index contributed by atoms with van der Waals surface area (Å²) in [5, 5.41) is 7.85. The molecule has 1 heterocycles. The van der Waals surface area contributed by atoms with Gasteiger partial charge in [-0.15, -0.1) is 0 Å². The number of nitrogens with two attached hydrogens (primary N) is 1. The first-order chi connectivity index (χ1) is 20.7. The number of aromatic nitrogens is 3. The molecule has 246 valence electrons. The monoisotopic (exact) mass is 613 g/mol. The molecule has 0 saturated carbocycles. The van der Waals surface area contributed by atoms with E-state index in [0.717, 1.165) is 71.5 Å². The lowest BCUT2D eigenvalue weighted by molar-refractivity contribution is 0.151. The Bertz CT molecular complexity index is 1080. The molecule has 15 nitrogen and oxygen atoms in total. The first kappa shape index (κ1) is 37.2. The number of nitrogens with one attached hydrogen (secondary N) is 3. The normalized spacial score (nSPS) is 10.7. The van der Waals surface area contributed by atoms with E-state index >= 15 is 0 Å². The lowest BCUT2D eigenvalue weighted by Crippen LogP contribution is -2.54. The van der Waals surface area contributed by atoms with E-state index in [1.807, 2.05) is 0 Å². The number of hydrogen-bond donors (Lipinski definition) is 4. The van der Waals surface area contributed by atoms with Crippen molar-refractivity contribution in [1.29, 1.82) is 0 Å². The zero-order valence-corrected chi connectivity index (χ0v) is 25.8. The maximum Gasteiger partial charge on any atom is 0.407 e. The van der Waals surface area contributed by atoms with E-state index in [9.17, 15) is 28.8 Å². The minimum Gasteiger partial charge on any atom is -0.450 e. The molecule has 0 bridgehead atoms. The molecule has 0 fully saturated rings. The number of carbonyl (C=O) groups excluding carboxylic acids is 3. The summed E-state index contributed by atoms with van der Waals surface area (Å²) in [5.41, 5.74) is 3.26. The SMILES string of the molecule is CCOC(=O)NCCCCCCn1c(=O)n(CCCCCCNC(N)=O)c(=O)n(CCCCCCNC(=O)OCC)c1=O. The van der Waals surface area contributed by atoms with Gasteiger partial charge < -0.3 is 31.2 Å². The Labute approximate surface area is 252 Å². The van der Waals surface area contributed by atoms with Crippen LogP contribution < -0.4 is 38.8 Å². The van der Waals surface area contributed by atoms with E-state index in [0.29, 0.717) is 52.1 Å². The molecule has 5 N–H and O–H groups in total. The number of nitrogens with zero attached hydrogens (tertiary/aromatic N) is 3. The predicted octanol–water partition coefficient (Wildman–Crippen LogP) is 2.01. The zero-order valence-electron chi connectivity index (χ0n) is 25.8. The van der Waals surface area contributed by atoms with Crippen LogP contribution in [0.4, 0.5) is 14.4 Å². The third-order valence-electron chi connectivity index (χ3n) is 6.70. The minimum atomic E-state index is -0.601. The van der Waals surface area contributed by atoms with Crippen LogP contribution in [0.1, 0.15) is 90.9 Å². The van der Waals surface area contributed by atoms with Crippen LogP contribution in [-0.2, 0) is 29.1 Å². The van der Waals surface area contributed by atoms with Gasteiger partial charge in [-0.05, 0) is 52.4 Å². The molecule has 4 amide bonds. The van der Waals surface area contributed by atoms with Gasteiger partial charge in [-0.2, -0.15) is 0 Å². The summed E-state index contributed by atoms with van der Waals surface area (Å²) in [4.78, 5) is 73.1. The molecule has 0 aliphatic carbocycles. The smallest absolute Gasteiger partial charge is 0.407 e. The van der Waals surface area contributed by atoms with Gasteiger partial charge in [-0.3, -0.25) is 0 Å². The summed E-state index contributed by atoms with van der Waals surface area (Å²) in [6.07, 6.45) is 7.64. The third-order valence-corrected chi connectivity index (χ3v) is 6.70. The summed E-state index contributed by atoms with van der Waals surface area (Å²) in [6, 6.07) is -0.573. The Morgan fingerprint density at radius 2 is 0.837 bits per heavy atom. The Kier molecular flexibility index (Phi) is 19.7. The molecule has 43 heavy (non-hydrogen) atoms. The number of amides is 4. The van der Waals surface area contributed by atoms with Crippen LogP contribution in [0.25, 0.3) is 0 Å². The van der Waals surface area contributed by atoms with E-state index in [1.165, 1.54) is 0 Å². The van der Waals surface area contributed by atoms with Crippen LogP contribution in [0.2, 0.25) is 0 Å². The van der Waals surface area contributed by atoms with Crippen molar-refractivity contribution in [3.05, 3.63) is 31.5 Å². The quantitative estimate of drug-likeness (QED) is 0.134. The summed E-state index contributed by atoms with van der Waals surface area (Å²) in [6.45, 7) is 6.10. The van der Waals surface area contributed by atoms with Crippen molar-refractivity contribution in [1.82, 2.24) is 29.7 Å². The highest BCUT2D eigenvalue weighted by Crippen LogP contribution is 2.03. The highest BCUT2D eigenvalue weighted by molar-refractivity contribution is 5.71. The molecule has 1 aromatic rings. The van der Waals surface area contributed by atoms with Crippen LogP contribution in [0.15, 0.2) is 14.4 Å². The fourth-order valence-electron chi connectivity index (χ4n) is 4.46. The third kappa shape index (κ3) is 15.9. The average Bonchev–Trinajstić information content (AvgIpc) is 2.96. The van der Waals surface area contributed by atoms with Crippen molar-refractivity contribution in [3.63, 3.8) is 0 Å². The molecule has 15 heteroatoms. The Balaban J connectivity index is 2.77. The molecule has 0 aliphatic rings. The zero-order chi connectivity index (χ0) is 31.9. The number of alkyl carbamates (subject to hydrolysis) is 2. The second-order valence-corrected chi connectivity index (χ2v) is 10.1. The van der Waals surface area contributed by atoms with Crippen molar-refractivity contribution in [2.24, 2.45) is 5.73 Å². The number of carbonyl (C=O) groups is 3. The molecule has 1 aromatic heterocycles. The van der Waals surface area contributed by atoms with Crippen molar-refractivity contribution in [2.75, 3.05) is 32.8 Å². The van der Waals surface area contributed by atoms with Gasteiger partial charge in [0.2, 0.25) is 0 Å². The fraction of sp³-hybridized carbons (Fsp3) is 0.786. The van der Waals surface area contributed by atoms with Crippen molar-refractivity contribution < 1.29 is 23.9 Å². The van der Waals surface area contributed by atoms with Crippen LogP contribution in [0.3, 0.4) is 0 Å². The summed E-state index contributed by atoms with van der Waals surface area (Å²) < 4.78 is 13.1. The van der Waals surface area contributed by atoms with Gasteiger partial charge in [0.05, 0.1) is 13.2 Å². The molecular formula is C28H51N7O8. The van der Waals surface area contributed by atoms with E-state index in [-0.39, 0.29) is 19.6 Å². The Hall–Kier alpha value is -3.78. The topological polar surface area (TPSA) is 198 Å². The number of unbranched alkanes of at least 4 members (excludes halogenated alkanes) is 9. The lowest BCUT2D eigenvalue weighted by Gasteiger charge is -2.14. The maximum atomic E-state index is 13.2. The van der Waals surface area contributed by atoms with Crippen LogP contribution >= 0.6 is 0 Å². The van der Waals surface area contributed by atoms with Gasteiger partial charge in [0, 0.05) is 39.3 Å². The van der Waals surface area contributed by atoms with Gasteiger partial charge in [-0.1, -0.05) is 38.5 Å². The van der Waals surface area contributed by atoms with E-state index in [2.05, 4.69) is 16.0 Å². The average molecular weight is 614 g/mol. The van der Waals surface area contributed by atoms with Crippen LogP contribution in [0, 0.1) is 0 Å². The molecule has 0 aliphatic heterocycles. The van der Waals surface area contributed by atoms with Gasteiger partial charge in [0.25, 0.3) is 0 Å². The summed E-state index contributed by atoms with van der Waals surface area (Å²) in [5.74, 6) is 0. The fourth-order valence-corrected chi connectivity index (χ4v) is 4.46. The molecule has 0 unspecified atom stereocenters. The standard InChI is InChI=1S/C28H51N7O8/c1-3-42-24(37)31-18-12-6-9-15-21-34-26(39)33(20-14-8-5-11-17-30-23(29)36)27(40)35(28(34)41)22-16-10-7-13-19-32-25(38)43-4-2/h3-22H2,1-2H3,(H,31,37)(H,32,38)(H3,29,30,36). The number of urea groups is 1. The van der Waals surface area contributed by atoms with E-state index in [4.69, 9.17) is 15.2 Å². The van der Waals surface area contributed by atoms with Crippen molar-refractivity contribution in [2.45, 2.75) is 111 Å². The molecule has 0 atom stereocenters. The largest absolute Gasteiger partial charge is 0.450 e. The molecule has 1 rings (SSSR count). The van der Waals surface area contributed by atoms with Crippen LogP contribution in [0.5, 0.6) is 0 Å². The number of primary amides is 1. The molecule has 0 spiro atoms. The van der Waals surface area contributed by atoms with Gasteiger partial charge in [0.15, 0.2) is 0 Å².